The minimum absolute atomic E-state index is 0.130. The Hall–Kier alpha value is -2.53. The lowest BCUT2D eigenvalue weighted by Gasteiger charge is -2.20. The fourth-order valence-electron chi connectivity index (χ4n) is 3.37. The number of nitrogens with zero attached hydrogens (tertiary/aromatic N) is 4. The number of carboxylic acids is 1. The second-order valence-corrected chi connectivity index (χ2v) is 7.52. The van der Waals surface area contributed by atoms with Crippen molar-refractivity contribution in [3.8, 4) is 0 Å². The molecule has 150 valence electrons. The summed E-state index contributed by atoms with van der Waals surface area (Å²) in [7, 11) is 0. The Bertz CT molecular complexity index is 817. The number of halogens is 3. The first-order valence-electron chi connectivity index (χ1n) is 8.37. The number of alkyl halides is 3. The van der Waals surface area contributed by atoms with Crippen molar-refractivity contribution in [3.05, 3.63) is 41.1 Å². The molecule has 2 aromatic heterocycles. The lowest BCUT2D eigenvalue weighted by molar-refractivity contribution is -0.192. The summed E-state index contributed by atoms with van der Waals surface area (Å²) in [6.07, 6.45) is -0.154. The van der Waals surface area contributed by atoms with Gasteiger partial charge in [0.15, 0.2) is 0 Å². The van der Waals surface area contributed by atoms with Crippen molar-refractivity contribution in [1.82, 2.24) is 14.9 Å². The lowest BCUT2D eigenvalue weighted by Crippen LogP contribution is -2.32. The number of thiophene rings is 1. The second kappa shape index (κ2) is 8.23. The number of amides is 1. The Balaban J connectivity index is 0.000000279. The van der Waals surface area contributed by atoms with Crippen LogP contribution in [0.25, 0.3) is 0 Å². The molecule has 0 spiro atoms. The van der Waals surface area contributed by atoms with Crippen LogP contribution >= 0.6 is 11.3 Å². The van der Waals surface area contributed by atoms with Crippen LogP contribution < -0.4 is 4.90 Å². The molecule has 2 fully saturated rings. The van der Waals surface area contributed by atoms with Crippen molar-refractivity contribution < 1.29 is 27.9 Å². The number of fused-ring (bicyclic) bond motifs is 1. The molecule has 0 bridgehead atoms. The van der Waals surface area contributed by atoms with E-state index in [1.54, 1.807) is 23.7 Å². The van der Waals surface area contributed by atoms with Crippen LogP contribution in [0.2, 0.25) is 0 Å². The molecule has 2 aromatic rings. The van der Waals surface area contributed by atoms with Crippen molar-refractivity contribution in [1.29, 1.82) is 0 Å². The number of hydrogen-bond donors (Lipinski definition) is 1. The van der Waals surface area contributed by atoms with Gasteiger partial charge < -0.3 is 10.0 Å². The largest absolute Gasteiger partial charge is 0.490 e. The van der Waals surface area contributed by atoms with E-state index >= 15 is 0 Å². The van der Waals surface area contributed by atoms with Crippen LogP contribution in [-0.2, 0) is 16.1 Å². The Morgan fingerprint density at radius 3 is 2.46 bits per heavy atom. The molecule has 2 aliphatic rings. The standard InChI is InChI=1S/C15H16N4OS.C2HF3O2/c20-15-14-9-18(8-13-2-1-3-21-13)6-11(14)7-19(15)12-4-16-10-17-5-12;3-2(4,5)1(6)7/h1-5,10-11,14H,6-9H2;(H,6,7)/t11-,14-;/m0./s1. The SMILES string of the molecule is O=C(O)C(F)(F)F.O=C1[C@H]2CN(Cc3cccs3)C[C@H]2CN1c1cncnc1. The van der Waals surface area contributed by atoms with Gasteiger partial charge in [-0.2, -0.15) is 13.2 Å². The van der Waals surface area contributed by atoms with Crippen LogP contribution in [-0.4, -0.2) is 57.7 Å². The lowest BCUT2D eigenvalue weighted by atomic mass is 10.0. The van der Waals surface area contributed by atoms with Crippen LogP contribution in [0.4, 0.5) is 18.9 Å². The van der Waals surface area contributed by atoms with E-state index < -0.39 is 12.1 Å². The highest BCUT2D eigenvalue weighted by molar-refractivity contribution is 7.09. The van der Waals surface area contributed by atoms with E-state index in [1.165, 1.54) is 11.2 Å². The Morgan fingerprint density at radius 2 is 1.93 bits per heavy atom. The Labute approximate surface area is 162 Å². The molecule has 2 aliphatic heterocycles. The predicted octanol–water partition coefficient (Wildman–Crippen LogP) is 2.27. The van der Waals surface area contributed by atoms with Crippen molar-refractivity contribution >= 4 is 28.9 Å². The summed E-state index contributed by atoms with van der Waals surface area (Å²) in [5.41, 5.74) is 0.821. The monoisotopic (exact) mass is 414 g/mol. The van der Waals surface area contributed by atoms with Gasteiger partial charge in [0, 0.05) is 37.0 Å². The molecule has 7 nitrogen and oxygen atoms in total. The molecule has 4 rings (SSSR count). The maximum Gasteiger partial charge on any atom is 0.490 e. The van der Waals surface area contributed by atoms with Gasteiger partial charge in [-0.15, -0.1) is 11.3 Å². The van der Waals surface area contributed by atoms with Crippen molar-refractivity contribution in [2.75, 3.05) is 24.5 Å². The smallest absolute Gasteiger partial charge is 0.475 e. The summed E-state index contributed by atoms with van der Waals surface area (Å²) < 4.78 is 31.7. The molecule has 1 amide bonds. The summed E-state index contributed by atoms with van der Waals surface area (Å²) in [4.78, 5) is 35.1. The third kappa shape index (κ3) is 4.65. The van der Waals surface area contributed by atoms with Crippen molar-refractivity contribution in [3.63, 3.8) is 0 Å². The first kappa shape index (κ1) is 20.2. The number of carboxylic acid groups (broad SMARTS) is 1. The number of anilines is 1. The molecule has 11 heteroatoms. The number of aliphatic carboxylic acids is 1. The maximum atomic E-state index is 12.6. The zero-order valence-corrected chi connectivity index (χ0v) is 15.4. The minimum Gasteiger partial charge on any atom is -0.475 e. The van der Waals surface area contributed by atoms with Crippen molar-refractivity contribution in [2.45, 2.75) is 12.7 Å². The number of likely N-dealkylation sites (tertiary alicyclic amines) is 1. The summed E-state index contributed by atoms with van der Waals surface area (Å²) in [6.45, 7) is 3.62. The number of rotatable bonds is 3. The topological polar surface area (TPSA) is 86.6 Å². The average Bonchev–Trinajstić information content (AvgIpc) is 3.35. The van der Waals surface area contributed by atoms with E-state index in [0.717, 1.165) is 31.9 Å². The van der Waals surface area contributed by atoms with Crippen LogP contribution in [0.15, 0.2) is 36.2 Å². The molecule has 0 aromatic carbocycles. The zero-order valence-electron chi connectivity index (χ0n) is 14.5. The Kier molecular flexibility index (Phi) is 5.94. The van der Waals surface area contributed by atoms with E-state index in [0.29, 0.717) is 5.92 Å². The number of hydrogen-bond acceptors (Lipinski definition) is 6. The first-order valence-corrected chi connectivity index (χ1v) is 9.25. The van der Waals surface area contributed by atoms with Crippen LogP contribution in [0.1, 0.15) is 4.88 Å². The summed E-state index contributed by atoms with van der Waals surface area (Å²) in [6, 6.07) is 4.24. The molecule has 0 saturated carbocycles. The molecule has 2 atom stereocenters. The first-order chi connectivity index (χ1) is 13.3. The minimum atomic E-state index is -5.08. The van der Waals surface area contributed by atoms with Crippen LogP contribution in [0, 0.1) is 11.8 Å². The molecule has 0 radical (unpaired) electrons. The fourth-order valence-corrected chi connectivity index (χ4v) is 4.11. The highest BCUT2D eigenvalue weighted by Crippen LogP contribution is 2.35. The van der Waals surface area contributed by atoms with Gasteiger partial charge in [0.25, 0.3) is 0 Å². The quantitative estimate of drug-likeness (QED) is 0.829. The second-order valence-electron chi connectivity index (χ2n) is 6.49. The number of carbonyl (C=O) groups excluding carboxylic acids is 1. The van der Waals surface area contributed by atoms with Gasteiger partial charge in [0.1, 0.15) is 6.33 Å². The van der Waals surface area contributed by atoms with Crippen LogP contribution in [0.3, 0.4) is 0 Å². The molecule has 0 unspecified atom stereocenters. The van der Waals surface area contributed by atoms with E-state index in [2.05, 4.69) is 32.4 Å². The van der Waals surface area contributed by atoms with Gasteiger partial charge in [0.2, 0.25) is 5.91 Å². The fraction of sp³-hybridized carbons (Fsp3) is 0.412. The summed E-state index contributed by atoms with van der Waals surface area (Å²) >= 11 is 1.78. The number of aromatic nitrogens is 2. The van der Waals surface area contributed by atoms with Gasteiger partial charge in [-0.25, -0.2) is 14.8 Å². The normalized spacial score (nSPS) is 22.0. The summed E-state index contributed by atoms with van der Waals surface area (Å²) in [5, 5.41) is 9.23. The third-order valence-corrected chi connectivity index (χ3v) is 5.44. The van der Waals surface area contributed by atoms with Gasteiger partial charge in [-0.1, -0.05) is 6.07 Å². The zero-order chi connectivity index (χ0) is 20.3. The molecule has 28 heavy (non-hydrogen) atoms. The Morgan fingerprint density at radius 1 is 1.25 bits per heavy atom. The van der Waals surface area contributed by atoms with E-state index in [9.17, 15) is 18.0 Å². The van der Waals surface area contributed by atoms with E-state index in [-0.39, 0.29) is 11.8 Å². The van der Waals surface area contributed by atoms with Crippen molar-refractivity contribution in [2.24, 2.45) is 11.8 Å². The van der Waals surface area contributed by atoms with Gasteiger partial charge in [-0.3, -0.25) is 9.69 Å². The average molecular weight is 414 g/mol. The van der Waals surface area contributed by atoms with Crippen LogP contribution in [0.5, 0.6) is 0 Å². The highest BCUT2D eigenvalue weighted by Gasteiger charge is 2.46. The maximum absolute atomic E-state index is 12.6. The van der Waals surface area contributed by atoms with Gasteiger partial charge in [0.05, 0.1) is 24.0 Å². The van der Waals surface area contributed by atoms with Gasteiger partial charge >= 0.3 is 12.1 Å². The number of carbonyl (C=O) groups is 2. The molecule has 0 aliphatic carbocycles. The third-order valence-electron chi connectivity index (χ3n) is 4.58. The predicted molar refractivity (Wildman–Crippen MR) is 94.7 cm³/mol. The van der Waals surface area contributed by atoms with E-state index in [1.807, 2.05) is 4.90 Å². The van der Waals surface area contributed by atoms with E-state index in [4.69, 9.17) is 9.90 Å². The molecule has 4 heterocycles. The molecule has 2 saturated heterocycles. The molecular formula is C17H17F3N4O3S. The summed E-state index contributed by atoms with van der Waals surface area (Å²) in [5.74, 6) is -1.97. The molecular weight excluding hydrogens is 397 g/mol. The highest BCUT2D eigenvalue weighted by atomic mass is 32.1. The van der Waals surface area contributed by atoms with Gasteiger partial charge in [-0.05, 0) is 11.4 Å². The molecule has 1 N–H and O–H groups in total.